The molecule has 5 heteroatoms. The molecular weight excluding hydrogens is 284 g/mol. The fraction of sp³-hybridized carbons (Fsp3) is 0.125. The normalized spacial score (nSPS) is 14.1. The minimum Gasteiger partial charge on any atom is -0.512 e. The van der Waals surface area contributed by atoms with Crippen LogP contribution in [0.25, 0.3) is 10.8 Å². The van der Waals surface area contributed by atoms with Gasteiger partial charge in [0.2, 0.25) is 0 Å². The second kappa shape index (κ2) is 5.61. The molecule has 0 spiro atoms. The maximum Gasteiger partial charge on any atom is 0.125 e. The molecule has 2 aromatic rings. The van der Waals surface area contributed by atoms with E-state index >= 15 is 0 Å². The molecule has 106 valence electrons. The van der Waals surface area contributed by atoms with Gasteiger partial charge in [0.1, 0.15) is 10.8 Å². The highest BCUT2D eigenvalue weighted by Crippen LogP contribution is 2.31. The highest BCUT2D eigenvalue weighted by Gasteiger charge is 2.20. The summed E-state index contributed by atoms with van der Waals surface area (Å²) < 4.78 is 0. The number of aromatic hydroxyl groups is 1. The van der Waals surface area contributed by atoms with Gasteiger partial charge in [0.05, 0.1) is 17.2 Å². The van der Waals surface area contributed by atoms with Crippen molar-refractivity contribution in [3.63, 3.8) is 0 Å². The van der Waals surface area contributed by atoms with E-state index in [-0.39, 0.29) is 11.5 Å². The molecule has 1 aliphatic rings. The predicted octanol–water partition coefficient (Wildman–Crippen LogP) is 3.86. The third kappa shape index (κ3) is 2.78. The average molecular weight is 298 g/mol. The van der Waals surface area contributed by atoms with E-state index in [1.54, 1.807) is 6.07 Å². The van der Waals surface area contributed by atoms with Gasteiger partial charge in [-0.2, -0.15) is 5.10 Å². The van der Waals surface area contributed by atoms with Crippen LogP contribution in [-0.2, 0) is 0 Å². The third-order valence-electron chi connectivity index (χ3n) is 3.20. The van der Waals surface area contributed by atoms with Crippen molar-refractivity contribution in [1.29, 1.82) is 0 Å². The quantitative estimate of drug-likeness (QED) is 0.846. The summed E-state index contributed by atoms with van der Waals surface area (Å²) in [5.74, 6) is 0.730. The Kier molecular flexibility index (Phi) is 3.66. The highest BCUT2D eigenvalue weighted by atomic mass is 32.2. The Bertz CT molecular complexity index is 781. The van der Waals surface area contributed by atoms with E-state index in [1.165, 1.54) is 11.8 Å². The lowest BCUT2D eigenvalue weighted by Crippen LogP contribution is -2.03. The smallest absolute Gasteiger partial charge is 0.125 e. The summed E-state index contributed by atoms with van der Waals surface area (Å²) >= 11 is 1.41. The van der Waals surface area contributed by atoms with Crippen molar-refractivity contribution in [2.75, 3.05) is 5.75 Å². The van der Waals surface area contributed by atoms with Gasteiger partial charge in [0, 0.05) is 12.0 Å². The van der Waals surface area contributed by atoms with E-state index in [0.29, 0.717) is 12.2 Å². The van der Waals surface area contributed by atoms with E-state index in [0.717, 1.165) is 27.1 Å². The topological polar surface area (TPSA) is 65.2 Å². The number of hydrogen-bond donors (Lipinski definition) is 2. The molecule has 0 atom stereocenters. The Morgan fingerprint density at radius 1 is 1.19 bits per heavy atom. The summed E-state index contributed by atoms with van der Waals surface area (Å²) in [5, 5.41) is 30.4. The Morgan fingerprint density at radius 3 is 2.81 bits per heavy atom. The van der Waals surface area contributed by atoms with Crippen molar-refractivity contribution in [2.45, 2.75) is 6.42 Å². The number of phenols is 1. The maximum atomic E-state index is 10.2. The lowest BCUT2D eigenvalue weighted by atomic mass is 9.98. The zero-order chi connectivity index (χ0) is 14.8. The number of rotatable bonds is 3. The summed E-state index contributed by atoms with van der Waals surface area (Å²) in [6.45, 7) is 3.45. The summed E-state index contributed by atoms with van der Waals surface area (Å²) in [7, 11) is 0. The van der Waals surface area contributed by atoms with Crippen LogP contribution < -0.4 is 0 Å². The molecule has 2 N–H and O–H groups in total. The van der Waals surface area contributed by atoms with Crippen LogP contribution in [0.3, 0.4) is 0 Å². The summed E-state index contributed by atoms with van der Waals surface area (Å²) in [6.07, 6.45) is 0.555. The SMILES string of the molecule is C=C(O)CSC1=NN=C(c2c(O)ccc3ccccc23)C1. The van der Waals surface area contributed by atoms with Crippen molar-refractivity contribution in [2.24, 2.45) is 10.2 Å². The first-order valence-electron chi connectivity index (χ1n) is 6.49. The second-order valence-electron chi connectivity index (χ2n) is 4.75. The number of phenolic OH excluding ortho intramolecular Hbond substituents is 1. The van der Waals surface area contributed by atoms with Crippen LogP contribution in [0.15, 0.2) is 58.9 Å². The summed E-state index contributed by atoms with van der Waals surface area (Å²) in [4.78, 5) is 0. The molecule has 21 heavy (non-hydrogen) atoms. The van der Waals surface area contributed by atoms with Gasteiger partial charge >= 0.3 is 0 Å². The van der Waals surface area contributed by atoms with Gasteiger partial charge in [-0.3, -0.25) is 0 Å². The number of aliphatic hydroxyl groups is 1. The first-order chi connectivity index (χ1) is 10.1. The van der Waals surface area contributed by atoms with Crippen LogP contribution >= 0.6 is 11.8 Å². The van der Waals surface area contributed by atoms with E-state index in [4.69, 9.17) is 5.11 Å². The van der Waals surface area contributed by atoms with Crippen molar-refractivity contribution in [3.8, 4) is 5.75 Å². The number of nitrogens with zero attached hydrogens (tertiary/aromatic N) is 2. The van der Waals surface area contributed by atoms with E-state index in [1.807, 2.05) is 30.3 Å². The van der Waals surface area contributed by atoms with Gasteiger partial charge in [0.15, 0.2) is 0 Å². The van der Waals surface area contributed by atoms with Gasteiger partial charge in [-0.15, -0.1) is 16.9 Å². The van der Waals surface area contributed by atoms with Crippen LogP contribution in [0.2, 0.25) is 0 Å². The largest absolute Gasteiger partial charge is 0.512 e. The van der Waals surface area contributed by atoms with Crippen LogP contribution in [-0.4, -0.2) is 26.7 Å². The molecule has 2 aromatic carbocycles. The molecule has 1 aliphatic heterocycles. The van der Waals surface area contributed by atoms with Gasteiger partial charge in [-0.05, 0) is 16.8 Å². The highest BCUT2D eigenvalue weighted by molar-refractivity contribution is 8.14. The lowest BCUT2D eigenvalue weighted by molar-refractivity contribution is 0.420. The van der Waals surface area contributed by atoms with Gasteiger partial charge in [-0.1, -0.05) is 36.9 Å². The monoisotopic (exact) mass is 298 g/mol. The standard InChI is InChI=1S/C16H14N2O2S/c1-10(19)9-21-15-8-13(17-18-15)16-12-5-3-2-4-11(12)6-7-14(16)20/h2-7,19-20H,1,8-9H2. The number of aliphatic hydroxyl groups excluding tert-OH is 1. The molecule has 1 heterocycles. The van der Waals surface area contributed by atoms with E-state index < -0.39 is 0 Å². The number of hydrogen-bond acceptors (Lipinski definition) is 5. The first kappa shape index (κ1) is 13.7. The minimum atomic E-state index is 0.115. The Hall–Kier alpha value is -2.27. The first-order valence-corrected chi connectivity index (χ1v) is 7.48. The van der Waals surface area contributed by atoms with Crippen LogP contribution in [0.1, 0.15) is 12.0 Å². The molecule has 4 nitrogen and oxygen atoms in total. The fourth-order valence-corrected chi connectivity index (χ4v) is 2.95. The molecular formula is C16H14N2O2S. The summed E-state index contributed by atoms with van der Waals surface area (Å²) in [5.41, 5.74) is 1.48. The van der Waals surface area contributed by atoms with Gasteiger partial charge < -0.3 is 10.2 Å². The molecule has 0 amide bonds. The van der Waals surface area contributed by atoms with Crippen molar-refractivity contribution >= 4 is 33.3 Å². The van der Waals surface area contributed by atoms with Crippen molar-refractivity contribution in [3.05, 3.63) is 54.3 Å². The maximum absolute atomic E-state index is 10.2. The number of fused-ring (bicyclic) bond motifs is 1. The summed E-state index contributed by atoms with van der Waals surface area (Å²) in [6, 6.07) is 11.4. The molecule has 0 unspecified atom stereocenters. The molecule has 0 saturated carbocycles. The molecule has 0 radical (unpaired) electrons. The lowest BCUT2D eigenvalue weighted by Gasteiger charge is -2.08. The number of thioether (sulfide) groups is 1. The predicted molar refractivity (Wildman–Crippen MR) is 88.4 cm³/mol. The molecule has 0 fully saturated rings. The molecule has 0 aromatic heterocycles. The van der Waals surface area contributed by atoms with Crippen LogP contribution in [0.4, 0.5) is 0 Å². The Morgan fingerprint density at radius 2 is 2.00 bits per heavy atom. The average Bonchev–Trinajstić information content (AvgIpc) is 2.93. The second-order valence-corrected chi connectivity index (χ2v) is 5.80. The van der Waals surface area contributed by atoms with Crippen molar-refractivity contribution in [1.82, 2.24) is 0 Å². The van der Waals surface area contributed by atoms with Crippen LogP contribution in [0.5, 0.6) is 5.75 Å². The van der Waals surface area contributed by atoms with Gasteiger partial charge in [-0.25, -0.2) is 0 Å². The Labute approximate surface area is 126 Å². The zero-order valence-electron chi connectivity index (χ0n) is 11.3. The fourth-order valence-electron chi connectivity index (χ4n) is 2.28. The number of benzene rings is 2. The third-order valence-corrected chi connectivity index (χ3v) is 4.24. The van der Waals surface area contributed by atoms with Crippen LogP contribution in [0, 0.1) is 0 Å². The molecule has 0 saturated heterocycles. The minimum absolute atomic E-state index is 0.115. The molecule has 3 rings (SSSR count). The van der Waals surface area contributed by atoms with Gasteiger partial charge in [0.25, 0.3) is 0 Å². The van der Waals surface area contributed by atoms with E-state index in [2.05, 4.69) is 16.8 Å². The zero-order valence-corrected chi connectivity index (χ0v) is 12.1. The molecule has 0 bridgehead atoms. The molecule has 0 aliphatic carbocycles. The van der Waals surface area contributed by atoms with Crippen molar-refractivity contribution < 1.29 is 10.2 Å². The van der Waals surface area contributed by atoms with E-state index in [9.17, 15) is 5.11 Å². The Balaban J connectivity index is 1.90.